The second kappa shape index (κ2) is 7.77. The van der Waals surface area contributed by atoms with Crippen LogP contribution in [0.15, 0.2) is 15.9 Å². The lowest BCUT2D eigenvalue weighted by molar-refractivity contribution is 0.280. The molecule has 1 fully saturated rings. The topological polar surface area (TPSA) is 15.3 Å². The standard InChI is InChI=1S/C15H25BrN2S/c1-12-3-5-14(6-4-12)17-7-8-18(2)10-15-9-13(16)11-19-15/h9,11-12,14,17H,3-8,10H2,1-2H3. The van der Waals surface area contributed by atoms with E-state index < -0.39 is 0 Å². The first-order valence-corrected chi connectivity index (χ1v) is 8.95. The van der Waals surface area contributed by atoms with Crippen LogP contribution in [-0.2, 0) is 6.54 Å². The number of nitrogens with one attached hydrogen (secondary N) is 1. The molecule has 0 bridgehead atoms. The van der Waals surface area contributed by atoms with E-state index in [0.29, 0.717) is 0 Å². The number of nitrogens with zero attached hydrogens (tertiary/aromatic N) is 1. The van der Waals surface area contributed by atoms with Gasteiger partial charge in [0.15, 0.2) is 0 Å². The van der Waals surface area contributed by atoms with Crippen LogP contribution in [0.5, 0.6) is 0 Å². The Morgan fingerprint density at radius 1 is 1.37 bits per heavy atom. The van der Waals surface area contributed by atoms with Crippen LogP contribution in [0.25, 0.3) is 0 Å². The molecular weight excluding hydrogens is 320 g/mol. The molecule has 1 aromatic heterocycles. The summed E-state index contributed by atoms with van der Waals surface area (Å²) in [5.74, 6) is 0.943. The smallest absolute Gasteiger partial charge is 0.0325 e. The summed E-state index contributed by atoms with van der Waals surface area (Å²) in [6.07, 6.45) is 5.53. The highest BCUT2D eigenvalue weighted by Gasteiger charge is 2.17. The lowest BCUT2D eigenvalue weighted by atomic mass is 9.87. The molecule has 2 nitrogen and oxygen atoms in total. The fraction of sp³-hybridized carbons (Fsp3) is 0.733. The van der Waals surface area contributed by atoms with Gasteiger partial charge in [0, 0.05) is 40.4 Å². The zero-order chi connectivity index (χ0) is 13.7. The SMILES string of the molecule is CC1CCC(NCCN(C)Cc2cc(Br)cs2)CC1. The van der Waals surface area contributed by atoms with Crippen molar-refractivity contribution in [2.75, 3.05) is 20.1 Å². The molecular formula is C15H25BrN2S. The third-order valence-electron chi connectivity index (χ3n) is 3.99. The quantitative estimate of drug-likeness (QED) is 0.835. The van der Waals surface area contributed by atoms with Crippen molar-refractivity contribution >= 4 is 27.3 Å². The van der Waals surface area contributed by atoms with Gasteiger partial charge in [0.25, 0.3) is 0 Å². The Hall–Kier alpha value is 0.1000. The van der Waals surface area contributed by atoms with Crippen LogP contribution in [0.3, 0.4) is 0 Å². The summed E-state index contributed by atoms with van der Waals surface area (Å²) in [5.41, 5.74) is 0. The molecule has 108 valence electrons. The van der Waals surface area contributed by atoms with Crippen LogP contribution in [0.1, 0.15) is 37.5 Å². The normalized spacial score (nSPS) is 24.0. The number of likely N-dealkylation sites (N-methyl/N-ethyl adjacent to an activating group) is 1. The first-order chi connectivity index (χ1) is 9.13. The predicted octanol–water partition coefficient (Wildman–Crippen LogP) is 4.11. The predicted molar refractivity (Wildman–Crippen MR) is 87.8 cm³/mol. The van der Waals surface area contributed by atoms with Crippen molar-refractivity contribution in [3.05, 3.63) is 20.8 Å². The highest BCUT2D eigenvalue weighted by atomic mass is 79.9. The Kier molecular flexibility index (Phi) is 6.33. The monoisotopic (exact) mass is 344 g/mol. The largest absolute Gasteiger partial charge is 0.313 e. The van der Waals surface area contributed by atoms with Crippen LogP contribution in [0.2, 0.25) is 0 Å². The zero-order valence-corrected chi connectivity index (χ0v) is 14.4. The number of hydrogen-bond donors (Lipinski definition) is 1. The van der Waals surface area contributed by atoms with Gasteiger partial charge in [-0.2, -0.15) is 0 Å². The van der Waals surface area contributed by atoms with E-state index in [1.165, 1.54) is 35.0 Å². The van der Waals surface area contributed by atoms with Gasteiger partial charge in [-0.05, 0) is 60.6 Å². The number of halogens is 1. The van der Waals surface area contributed by atoms with E-state index in [9.17, 15) is 0 Å². The van der Waals surface area contributed by atoms with E-state index >= 15 is 0 Å². The van der Waals surface area contributed by atoms with Crippen molar-refractivity contribution in [3.63, 3.8) is 0 Å². The molecule has 19 heavy (non-hydrogen) atoms. The molecule has 0 spiro atoms. The Bertz CT molecular complexity index is 372. The number of thiophene rings is 1. The van der Waals surface area contributed by atoms with Crippen molar-refractivity contribution in [2.45, 2.75) is 45.2 Å². The van der Waals surface area contributed by atoms with E-state index in [1.807, 2.05) is 11.3 Å². The zero-order valence-electron chi connectivity index (χ0n) is 12.0. The van der Waals surface area contributed by atoms with Crippen molar-refractivity contribution in [3.8, 4) is 0 Å². The first-order valence-electron chi connectivity index (χ1n) is 7.28. The molecule has 0 aromatic carbocycles. The van der Waals surface area contributed by atoms with Crippen LogP contribution in [-0.4, -0.2) is 31.1 Å². The van der Waals surface area contributed by atoms with Crippen LogP contribution in [0, 0.1) is 5.92 Å². The molecule has 0 radical (unpaired) electrons. The summed E-state index contributed by atoms with van der Waals surface area (Å²) in [6, 6.07) is 2.98. The van der Waals surface area contributed by atoms with Gasteiger partial charge >= 0.3 is 0 Å². The minimum atomic E-state index is 0.764. The van der Waals surface area contributed by atoms with Gasteiger partial charge in [-0.25, -0.2) is 0 Å². The molecule has 0 amide bonds. The van der Waals surface area contributed by atoms with Crippen LogP contribution < -0.4 is 5.32 Å². The van der Waals surface area contributed by atoms with E-state index in [2.05, 4.69) is 51.6 Å². The fourth-order valence-electron chi connectivity index (χ4n) is 2.71. The molecule has 0 saturated heterocycles. The molecule has 1 N–H and O–H groups in total. The summed E-state index contributed by atoms with van der Waals surface area (Å²) in [4.78, 5) is 3.83. The minimum absolute atomic E-state index is 0.764. The highest BCUT2D eigenvalue weighted by Crippen LogP contribution is 2.23. The molecule has 1 heterocycles. The van der Waals surface area contributed by atoms with Crippen LogP contribution >= 0.6 is 27.3 Å². The van der Waals surface area contributed by atoms with E-state index in [1.54, 1.807) is 0 Å². The third kappa shape index (κ3) is 5.54. The van der Waals surface area contributed by atoms with Crippen molar-refractivity contribution in [2.24, 2.45) is 5.92 Å². The van der Waals surface area contributed by atoms with Gasteiger partial charge in [-0.15, -0.1) is 11.3 Å². The Morgan fingerprint density at radius 3 is 2.74 bits per heavy atom. The third-order valence-corrected chi connectivity index (χ3v) is 5.67. The summed E-state index contributed by atoms with van der Waals surface area (Å²) in [6.45, 7) is 5.67. The van der Waals surface area contributed by atoms with Crippen molar-refractivity contribution in [1.29, 1.82) is 0 Å². The summed E-state index contributed by atoms with van der Waals surface area (Å²) in [5, 5.41) is 5.87. The van der Waals surface area contributed by atoms with Gasteiger partial charge in [0.1, 0.15) is 0 Å². The fourth-order valence-corrected chi connectivity index (χ4v) is 4.24. The number of rotatable bonds is 6. The number of hydrogen-bond acceptors (Lipinski definition) is 3. The minimum Gasteiger partial charge on any atom is -0.313 e. The summed E-state index contributed by atoms with van der Waals surface area (Å²) >= 11 is 5.34. The maximum atomic E-state index is 3.72. The maximum Gasteiger partial charge on any atom is 0.0325 e. The Balaban J connectivity index is 1.60. The Labute approximate surface area is 129 Å². The van der Waals surface area contributed by atoms with Gasteiger partial charge in [-0.3, -0.25) is 0 Å². The molecule has 1 aliphatic carbocycles. The molecule has 0 unspecified atom stereocenters. The molecule has 1 aromatic rings. The molecule has 1 saturated carbocycles. The van der Waals surface area contributed by atoms with E-state index in [4.69, 9.17) is 0 Å². The van der Waals surface area contributed by atoms with E-state index in [0.717, 1.165) is 31.6 Å². The average Bonchev–Trinajstić information content (AvgIpc) is 2.77. The highest BCUT2D eigenvalue weighted by molar-refractivity contribution is 9.10. The van der Waals surface area contributed by atoms with Crippen molar-refractivity contribution < 1.29 is 0 Å². The Morgan fingerprint density at radius 2 is 2.11 bits per heavy atom. The lowest BCUT2D eigenvalue weighted by Gasteiger charge is -2.27. The van der Waals surface area contributed by atoms with Crippen LogP contribution in [0.4, 0.5) is 0 Å². The van der Waals surface area contributed by atoms with Gasteiger partial charge < -0.3 is 10.2 Å². The average molecular weight is 345 g/mol. The lowest BCUT2D eigenvalue weighted by Crippen LogP contribution is -2.37. The second-order valence-electron chi connectivity index (χ2n) is 5.88. The maximum absolute atomic E-state index is 3.72. The van der Waals surface area contributed by atoms with Crippen molar-refractivity contribution in [1.82, 2.24) is 10.2 Å². The van der Waals surface area contributed by atoms with Gasteiger partial charge in [0.2, 0.25) is 0 Å². The molecule has 2 rings (SSSR count). The molecule has 4 heteroatoms. The van der Waals surface area contributed by atoms with E-state index in [-0.39, 0.29) is 0 Å². The second-order valence-corrected chi connectivity index (χ2v) is 7.79. The molecule has 1 aliphatic rings. The van der Waals surface area contributed by atoms with Gasteiger partial charge in [0.05, 0.1) is 0 Å². The summed E-state index contributed by atoms with van der Waals surface area (Å²) < 4.78 is 1.20. The molecule has 0 aliphatic heterocycles. The van der Waals surface area contributed by atoms with Gasteiger partial charge in [-0.1, -0.05) is 6.92 Å². The molecule has 0 atom stereocenters. The summed E-state index contributed by atoms with van der Waals surface area (Å²) in [7, 11) is 2.21. The first kappa shape index (κ1) is 15.5.